The average Bonchev–Trinajstić information content (AvgIpc) is 2.41. The Hall–Kier alpha value is -2.24. The lowest BCUT2D eigenvalue weighted by molar-refractivity contribution is -0.114. The zero-order chi connectivity index (χ0) is 16.8. The van der Waals surface area contributed by atoms with Crippen LogP contribution in [0, 0.1) is 0 Å². The number of rotatable bonds is 4. The molecular weight excluding hydrogens is 280 g/mol. The Morgan fingerprint density at radius 2 is 2.00 bits per heavy atom. The molecule has 0 atom stereocenters. The van der Waals surface area contributed by atoms with E-state index in [-0.39, 0.29) is 11.4 Å². The van der Waals surface area contributed by atoms with Crippen molar-refractivity contribution in [2.24, 2.45) is 4.99 Å². The van der Waals surface area contributed by atoms with Crippen molar-refractivity contribution in [3.63, 3.8) is 0 Å². The van der Waals surface area contributed by atoms with Crippen LogP contribution in [0.25, 0.3) is 0 Å². The molecule has 22 heavy (non-hydrogen) atoms. The van der Waals surface area contributed by atoms with E-state index in [1.165, 1.54) is 6.92 Å². The molecule has 0 aliphatic heterocycles. The molecule has 0 saturated carbocycles. The lowest BCUT2D eigenvalue weighted by Gasteiger charge is -2.23. The third-order valence-corrected chi connectivity index (χ3v) is 2.75. The van der Waals surface area contributed by atoms with Gasteiger partial charge >= 0.3 is 0 Å². The first-order valence-electron chi connectivity index (χ1n) is 7.18. The Morgan fingerprint density at radius 1 is 1.32 bits per heavy atom. The SMILES string of the molecule is CN=C(NCc1ccc(OC)c(NC(C)=O)c1)NC(C)(C)C. The summed E-state index contributed by atoms with van der Waals surface area (Å²) in [4.78, 5) is 15.4. The predicted octanol–water partition coefficient (Wildman–Crippen LogP) is 2.12. The minimum absolute atomic E-state index is 0.0664. The summed E-state index contributed by atoms with van der Waals surface area (Å²) in [6.45, 7) is 8.28. The van der Waals surface area contributed by atoms with Crippen molar-refractivity contribution in [2.45, 2.75) is 39.8 Å². The van der Waals surface area contributed by atoms with Crippen LogP contribution >= 0.6 is 0 Å². The second kappa shape index (κ2) is 7.68. The molecule has 6 nitrogen and oxygen atoms in total. The number of nitrogens with one attached hydrogen (secondary N) is 3. The van der Waals surface area contributed by atoms with E-state index in [0.717, 1.165) is 11.5 Å². The molecule has 0 spiro atoms. The number of ether oxygens (including phenoxy) is 1. The molecule has 1 aromatic rings. The number of carbonyl (C=O) groups excluding carboxylic acids is 1. The van der Waals surface area contributed by atoms with E-state index in [4.69, 9.17) is 4.74 Å². The van der Waals surface area contributed by atoms with Crippen LogP contribution in [-0.2, 0) is 11.3 Å². The zero-order valence-corrected chi connectivity index (χ0v) is 14.2. The Labute approximate surface area is 132 Å². The second-order valence-corrected chi connectivity index (χ2v) is 6.02. The van der Waals surface area contributed by atoms with Crippen LogP contribution in [0.1, 0.15) is 33.3 Å². The molecule has 122 valence electrons. The fraction of sp³-hybridized carbons (Fsp3) is 0.500. The van der Waals surface area contributed by atoms with Crippen molar-refractivity contribution < 1.29 is 9.53 Å². The number of carbonyl (C=O) groups is 1. The Bertz CT molecular complexity index is 548. The Balaban J connectivity index is 2.79. The molecule has 0 heterocycles. The lowest BCUT2D eigenvalue weighted by Crippen LogP contribution is -2.47. The number of methoxy groups -OCH3 is 1. The zero-order valence-electron chi connectivity index (χ0n) is 14.2. The van der Waals surface area contributed by atoms with E-state index in [9.17, 15) is 4.79 Å². The second-order valence-electron chi connectivity index (χ2n) is 6.02. The highest BCUT2D eigenvalue weighted by Gasteiger charge is 2.12. The summed E-state index contributed by atoms with van der Waals surface area (Å²) in [5, 5.41) is 9.30. The average molecular weight is 306 g/mol. The number of aliphatic imine (C=N–C) groups is 1. The van der Waals surface area contributed by atoms with E-state index < -0.39 is 0 Å². The molecule has 0 unspecified atom stereocenters. The van der Waals surface area contributed by atoms with Gasteiger partial charge in [0.25, 0.3) is 0 Å². The van der Waals surface area contributed by atoms with Crippen LogP contribution < -0.4 is 20.7 Å². The number of hydrogen-bond donors (Lipinski definition) is 3. The smallest absolute Gasteiger partial charge is 0.221 e. The monoisotopic (exact) mass is 306 g/mol. The molecule has 1 rings (SSSR count). The van der Waals surface area contributed by atoms with Gasteiger partial charge in [-0.1, -0.05) is 6.07 Å². The number of benzene rings is 1. The van der Waals surface area contributed by atoms with Crippen LogP contribution in [0.2, 0.25) is 0 Å². The van der Waals surface area contributed by atoms with Gasteiger partial charge in [0.05, 0.1) is 12.8 Å². The summed E-state index contributed by atoms with van der Waals surface area (Å²) in [5.41, 5.74) is 1.61. The highest BCUT2D eigenvalue weighted by Crippen LogP contribution is 2.25. The van der Waals surface area contributed by atoms with Crippen molar-refractivity contribution in [1.29, 1.82) is 0 Å². The summed E-state index contributed by atoms with van der Waals surface area (Å²) < 4.78 is 5.24. The Kier molecular flexibility index (Phi) is 6.22. The third kappa shape index (κ3) is 6.03. The molecule has 1 aromatic carbocycles. The highest BCUT2D eigenvalue weighted by molar-refractivity contribution is 5.90. The van der Waals surface area contributed by atoms with E-state index in [2.05, 4.69) is 41.7 Å². The summed E-state index contributed by atoms with van der Waals surface area (Å²) in [5.74, 6) is 1.23. The molecule has 0 aliphatic carbocycles. The number of guanidine groups is 1. The first kappa shape index (κ1) is 17.8. The minimum atomic E-state index is -0.131. The first-order chi connectivity index (χ1) is 10.2. The fourth-order valence-corrected chi connectivity index (χ4v) is 1.87. The molecule has 0 saturated heterocycles. The number of nitrogens with zero attached hydrogens (tertiary/aromatic N) is 1. The molecule has 0 radical (unpaired) electrons. The highest BCUT2D eigenvalue weighted by atomic mass is 16.5. The van der Waals surface area contributed by atoms with Gasteiger partial charge in [0.2, 0.25) is 5.91 Å². The van der Waals surface area contributed by atoms with Gasteiger partial charge in [-0.15, -0.1) is 0 Å². The number of amides is 1. The standard InChI is InChI=1S/C16H26N4O2/c1-11(21)19-13-9-12(7-8-14(13)22-6)10-18-15(17-5)20-16(2,3)4/h7-9H,10H2,1-6H3,(H,19,21)(H2,17,18,20). The molecule has 0 aliphatic rings. The van der Waals surface area contributed by atoms with E-state index >= 15 is 0 Å². The van der Waals surface area contributed by atoms with Crippen LogP contribution in [0.4, 0.5) is 5.69 Å². The van der Waals surface area contributed by atoms with Gasteiger partial charge in [0.1, 0.15) is 5.75 Å². The van der Waals surface area contributed by atoms with Crippen molar-refractivity contribution in [3.05, 3.63) is 23.8 Å². The maximum atomic E-state index is 11.3. The van der Waals surface area contributed by atoms with E-state index in [0.29, 0.717) is 18.0 Å². The van der Waals surface area contributed by atoms with Crippen LogP contribution in [0.5, 0.6) is 5.75 Å². The topological polar surface area (TPSA) is 74.8 Å². The summed E-state index contributed by atoms with van der Waals surface area (Å²) in [6.07, 6.45) is 0. The van der Waals surface area contributed by atoms with Crippen LogP contribution in [-0.4, -0.2) is 31.6 Å². The summed E-state index contributed by atoms with van der Waals surface area (Å²) >= 11 is 0. The summed E-state index contributed by atoms with van der Waals surface area (Å²) in [6, 6.07) is 5.67. The van der Waals surface area contributed by atoms with Gasteiger partial charge < -0.3 is 20.7 Å². The normalized spacial score (nSPS) is 11.8. The Morgan fingerprint density at radius 3 is 2.50 bits per heavy atom. The van der Waals surface area contributed by atoms with Gasteiger partial charge in [-0.2, -0.15) is 0 Å². The maximum absolute atomic E-state index is 11.3. The van der Waals surface area contributed by atoms with Crippen LogP contribution in [0.3, 0.4) is 0 Å². The molecule has 0 bridgehead atoms. The summed E-state index contributed by atoms with van der Waals surface area (Å²) in [7, 11) is 3.31. The number of hydrogen-bond acceptors (Lipinski definition) is 3. The largest absolute Gasteiger partial charge is 0.495 e. The third-order valence-electron chi connectivity index (χ3n) is 2.75. The molecule has 6 heteroatoms. The molecular formula is C16H26N4O2. The predicted molar refractivity (Wildman–Crippen MR) is 90.4 cm³/mol. The lowest BCUT2D eigenvalue weighted by atomic mass is 10.1. The van der Waals surface area contributed by atoms with E-state index in [1.807, 2.05) is 18.2 Å². The van der Waals surface area contributed by atoms with Crippen molar-refractivity contribution in [3.8, 4) is 5.75 Å². The maximum Gasteiger partial charge on any atom is 0.221 e. The van der Waals surface area contributed by atoms with Crippen molar-refractivity contribution in [1.82, 2.24) is 10.6 Å². The molecule has 3 N–H and O–H groups in total. The molecule has 0 fully saturated rings. The molecule has 1 amide bonds. The van der Waals surface area contributed by atoms with Crippen molar-refractivity contribution >= 4 is 17.6 Å². The van der Waals surface area contributed by atoms with Crippen LogP contribution in [0.15, 0.2) is 23.2 Å². The van der Waals surface area contributed by atoms with Gasteiger partial charge in [0.15, 0.2) is 5.96 Å². The first-order valence-corrected chi connectivity index (χ1v) is 7.18. The van der Waals surface area contributed by atoms with Crippen molar-refractivity contribution in [2.75, 3.05) is 19.5 Å². The fourth-order valence-electron chi connectivity index (χ4n) is 1.87. The van der Waals surface area contributed by atoms with Gasteiger partial charge in [0, 0.05) is 26.1 Å². The van der Waals surface area contributed by atoms with E-state index in [1.54, 1.807) is 14.2 Å². The van der Waals surface area contributed by atoms with Gasteiger partial charge in [-0.25, -0.2) is 0 Å². The molecule has 0 aromatic heterocycles. The quantitative estimate of drug-likeness (QED) is 0.588. The van der Waals surface area contributed by atoms with Gasteiger partial charge in [-0.05, 0) is 38.5 Å². The van der Waals surface area contributed by atoms with Gasteiger partial charge in [-0.3, -0.25) is 9.79 Å². The minimum Gasteiger partial charge on any atom is -0.495 e. The number of anilines is 1.